The molecule has 0 aliphatic carbocycles. The van der Waals surface area contributed by atoms with E-state index in [2.05, 4.69) is 6.58 Å². The average molecular weight is 269 g/mol. The molecule has 0 aromatic heterocycles. The van der Waals surface area contributed by atoms with Crippen molar-refractivity contribution in [3.8, 4) is 0 Å². The van der Waals surface area contributed by atoms with E-state index in [1.54, 1.807) is 22.8 Å². The summed E-state index contributed by atoms with van der Waals surface area (Å²) in [5.74, 6) is 0.0964. The van der Waals surface area contributed by atoms with Gasteiger partial charge in [-0.2, -0.15) is 0 Å². The number of amides is 2. The van der Waals surface area contributed by atoms with Gasteiger partial charge in [0.1, 0.15) is 0 Å². The van der Waals surface area contributed by atoms with Crippen molar-refractivity contribution >= 4 is 11.8 Å². The fourth-order valence-electron chi connectivity index (χ4n) is 2.12. The molecule has 0 unspecified atom stereocenters. The van der Waals surface area contributed by atoms with Crippen molar-refractivity contribution in [2.24, 2.45) is 0 Å². The first kappa shape index (κ1) is 15.7. The van der Waals surface area contributed by atoms with E-state index >= 15 is 0 Å². The lowest BCUT2D eigenvalue weighted by Gasteiger charge is -2.35. The normalized spacial score (nSPS) is 15.7. The molecule has 6 heteroatoms. The summed E-state index contributed by atoms with van der Waals surface area (Å²) in [5.41, 5.74) is 0. The third-order valence-electron chi connectivity index (χ3n) is 3.24. The summed E-state index contributed by atoms with van der Waals surface area (Å²) >= 11 is 0. The molecule has 0 radical (unpaired) electrons. The Morgan fingerprint density at radius 2 is 1.84 bits per heavy atom. The zero-order valence-corrected chi connectivity index (χ0v) is 11.5. The molecule has 6 nitrogen and oxygen atoms in total. The van der Waals surface area contributed by atoms with Gasteiger partial charge >= 0.3 is 0 Å². The highest BCUT2D eigenvalue weighted by atomic mass is 16.3. The lowest BCUT2D eigenvalue weighted by Crippen LogP contribution is -2.52. The van der Waals surface area contributed by atoms with Gasteiger partial charge in [-0.1, -0.05) is 6.08 Å². The number of hydrogen-bond donors (Lipinski definition) is 1. The molecule has 1 fully saturated rings. The minimum Gasteiger partial charge on any atom is -0.395 e. The molecular formula is C13H23N3O3. The molecule has 19 heavy (non-hydrogen) atoms. The molecule has 1 aliphatic rings. The number of rotatable bonds is 6. The summed E-state index contributed by atoms with van der Waals surface area (Å²) in [6.07, 6.45) is 1.72. The SMILES string of the molecule is C=CCN(CCO)CC(=O)N1CCN(C(C)=O)CC1. The maximum Gasteiger partial charge on any atom is 0.236 e. The lowest BCUT2D eigenvalue weighted by atomic mass is 10.3. The molecule has 108 valence electrons. The highest BCUT2D eigenvalue weighted by molar-refractivity contribution is 5.79. The van der Waals surface area contributed by atoms with Crippen LogP contribution in [0.25, 0.3) is 0 Å². The van der Waals surface area contributed by atoms with Crippen LogP contribution in [-0.4, -0.2) is 84.0 Å². The van der Waals surface area contributed by atoms with Gasteiger partial charge in [0.2, 0.25) is 11.8 Å². The third kappa shape index (κ3) is 5.00. The van der Waals surface area contributed by atoms with Crippen molar-refractivity contribution in [1.82, 2.24) is 14.7 Å². The first-order chi connectivity index (χ1) is 9.08. The Bertz CT molecular complexity index is 325. The van der Waals surface area contributed by atoms with Crippen LogP contribution >= 0.6 is 0 Å². The van der Waals surface area contributed by atoms with Crippen LogP contribution in [-0.2, 0) is 9.59 Å². The molecule has 0 saturated carbocycles. The van der Waals surface area contributed by atoms with Crippen LogP contribution in [0.4, 0.5) is 0 Å². The highest BCUT2D eigenvalue weighted by Gasteiger charge is 2.23. The van der Waals surface area contributed by atoms with Crippen LogP contribution in [0.2, 0.25) is 0 Å². The fourth-order valence-corrected chi connectivity index (χ4v) is 2.12. The van der Waals surface area contributed by atoms with Crippen molar-refractivity contribution < 1.29 is 14.7 Å². The summed E-state index contributed by atoms with van der Waals surface area (Å²) in [7, 11) is 0. The lowest BCUT2D eigenvalue weighted by molar-refractivity contribution is -0.139. The third-order valence-corrected chi connectivity index (χ3v) is 3.24. The molecule has 0 atom stereocenters. The minimum atomic E-state index is 0.0270. The highest BCUT2D eigenvalue weighted by Crippen LogP contribution is 2.03. The molecular weight excluding hydrogens is 246 g/mol. The second-order valence-electron chi connectivity index (χ2n) is 4.63. The Kier molecular flexibility index (Phi) is 6.52. The Morgan fingerprint density at radius 1 is 1.26 bits per heavy atom. The van der Waals surface area contributed by atoms with Crippen LogP contribution in [0.3, 0.4) is 0 Å². The molecule has 1 aliphatic heterocycles. The molecule has 1 heterocycles. The van der Waals surface area contributed by atoms with E-state index in [0.29, 0.717) is 39.3 Å². The zero-order valence-electron chi connectivity index (χ0n) is 11.5. The van der Waals surface area contributed by atoms with Crippen LogP contribution in [0.5, 0.6) is 0 Å². The summed E-state index contributed by atoms with van der Waals surface area (Å²) < 4.78 is 0. The van der Waals surface area contributed by atoms with E-state index in [4.69, 9.17) is 5.11 Å². The first-order valence-corrected chi connectivity index (χ1v) is 6.56. The van der Waals surface area contributed by atoms with Gasteiger partial charge in [-0.15, -0.1) is 6.58 Å². The van der Waals surface area contributed by atoms with Crippen molar-refractivity contribution in [3.63, 3.8) is 0 Å². The molecule has 0 spiro atoms. The number of hydrogen-bond acceptors (Lipinski definition) is 4. The van der Waals surface area contributed by atoms with Crippen LogP contribution in [0, 0.1) is 0 Å². The summed E-state index contributed by atoms with van der Waals surface area (Å²) in [6.45, 7) is 8.91. The van der Waals surface area contributed by atoms with Gasteiger partial charge in [0.05, 0.1) is 13.2 Å². The summed E-state index contributed by atoms with van der Waals surface area (Å²) in [5, 5.41) is 8.94. The number of aliphatic hydroxyl groups is 1. The fraction of sp³-hybridized carbons (Fsp3) is 0.692. The second-order valence-corrected chi connectivity index (χ2v) is 4.63. The molecule has 0 aromatic rings. The Hall–Kier alpha value is -1.40. The first-order valence-electron chi connectivity index (χ1n) is 6.56. The van der Waals surface area contributed by atoms with Gasteiger partial charge in [0.25, 0.3) is 0 Å². The van der Waals surface area contributed by atoms with E-state index < -0.39 is 0 Å². The molecule has 1 rings (SSSR count). The summed E-state index contributed by atoms with van der Waals surface area (Å²) in [6, 6.07) is 0. The Balaban J connectivity index is 2.41. The Morgan fingerprint density at radius 3 is 2.32 bits per heavy atom. The quantitative estimate of drug-likeness (QED) is 0.639. The van der Waals surface area contributed by atoms with Crippen molar-refractivity contribution in [1.29, 1.82) is 0 Å². The van der Waals surface area contributed by atoms with Gasteiger partial charge < -0.3 is 14.9 Å². The van der Waals surface area contributed by atoms with Crippen LogP contribution in [0.1, 0.15) is 6.92 Å². The molecule has 2 amide bonds. The minimum absolute atomic E-state index is 0.0270. The standard InChI is InChI=1S/C13H23N3O3/c1-3-4-14(9-10-17)11-13(19)16-7-5-15(6-8-16)12(2)18/h3,17H,1,4-11H2,2H3. The number of aliphatic hydroxyl groups excluding tert-OH is 1. The van der Waals surface area contributed by atoms with Gasteiger partial charge in [-0.05, 0) is 0 Å². The van der Waals surface area contributed by atoms with E-state index in [1.807, 2.05) is 4.90 Å². The smallest absolute Gasteiger partial charge is 0.236 e. The predicted octanol–water partition coefficient (Wildman–Crippen LogP) is -0.843. The van der Waals surface area contributed by atoms with E-state index in [-0.39, 0.29) is 25.0 Å². The maximum absolute atomic E-state index is 12.1. The van der Waals surface area contributed by atoms with Gasteiger partial charge in [-0.3, -0.25) is 14.5 Å². The molecule has 1 N–H and O–H groups in total. The van der Waals surface area contributed by atoms with E-state index in [1.165, 1.54) is 0 Å². The van der Waals surface area contributed by atoms with Crippen LogP contribution < -0.4 is 0 Å². The van der Waals surface area contributed by atoms with Crippen molar-refractivity contribution in [3.05, 3.63) is 12.7 Å². The van der Waals surface area contributed by atoms with Gasteiger partial charge in [-0.25, -0.2) is 0 Å². The number of nitrogens with zero attached hydrogens (tertiary/aromatic N) is 3. The molecule has 0 bridgehead atoms. The van der Waals surface area contributed by atoms with E-state index in [0.717, 1.165) is 0 Å². The van der Waals surface area contributed by atoms with Gasteiger partial charge in [0, 0.05) is 46.2 Å². The van der Waals surface area contributed by atoms with Gasteiger partial charge in [0.15, 0.2) is 0 Å². The second kappa shape index (κ2) is 7.91. The number of carbonyl (C=O) groups is 2. The largest absolute Gasteiger partial charge is 0.395 e. The van der Waals surface area contributed by atoms with E-state index in [9.17, 15) is 9.59 Å². The number of piperazine rings is 1. The van der Waals surface area contributed by atoms with Crippen LogP contribution in [0.15, 0.2) is 12.7 Å². The monoisotopic (exact) mass is 269 g/mol. The Labute approximate surface area is 114 Å². The number of carbonyl (C=O) groups excluding carboxylic acids is 2. The zero-order chi connectivity index (χ0) is 14.3. The molecule has 0 aromatic carbocycles. The van der Waals surface area contributed by atoms with Crippen molar-refractivity contribution in [2.45, 2.75) is 6.92 Å². The average Bonchev–Trinajstić information content (AvgIpc) is 2.39. The topological polar surface area (TPSA) is 64.1 Å². The summed E-state index contributed by atoms with van der Waals surface area (Å²) in [4.78, 5) is 28.7. The maximum atomic E-state index is 12.1. The molecule has 1 saturated heterocycles. The van der Waals surface area contributed by atoms with Crippen molar-refractivity contribution in [2.75, 3.05) is 52.4 Å². The predicted molar refractivity (Wildman–Crippen MR) is 72.6 cm³/mol.